The average Bonchev–Trinajstić information content (AvgIpc) is 2.41. The van der Waals surface area contributed by atoms with Crippen LogP contribution in [0.3, 0.4) is 0 Å². The van der Waals surface area contributed by atoms with Gasteiger partial charge in [-0.2, -0.15) is 0 Å². The summed E-state index contributed by atoms with van der Waals surface area (Å²) in [5, 5.41) is 6.50. The van der Waals surface area contributed by atoms with E-state index in [-0.39, 0.29) is 0 Å². The summed E-state index contributed by atoms with van der Waals surface area (Å²) >= 11 is 0. The minimum Gasteiger partial charge on any atom is -0.369 e. The highest BCUT2D eigenvalue weighted by Gasteiger charge is 2.09. The third kappa shape index (κ3) is 4.14. The molecular formula is C13H23N5. The van der Waals surface area contributed by atoms with Crippen molar-refractivity contribution in [2.75, 3.05) is 43.4 Å². The topological polar surface area (TPSA) is 53.1 Å². The van der Waals surface area contributed by atoms with Crippen LogP contribution in [0.5, 0.6) is 0 Å². The number of aromatic nitrogens is 2. The van der Waals surface area contributed by atoms with Gasteiger partial charge in [0.25, 0.3) is 0 Å². The van der Waals surface area contributed by atoms with Gasteiger partial charge in [-0.15, -0.1) is 0 Å². The molecule has 5 nitrogen and oxygen atoms in total. The molecule has 18 heavy (non-hydrogen) atoms. The van der Waals surface area contributed by atoms with Crippen LogP contribution in [-0.4, -0.2) is 47.6 Å². The molecule has 2 rings (SSSR count). The fourth-order valence-corrected chi connectivity index (χ4v) is 2.24. The number of hydrogen-bond acceptors (Lipinski definition) is 5. The molecular weight excluding hydrogens is 226 g/mol. The predicted molar refractivity (Wildman–Crippen MR) is 75.0 cm³/mol. The van der Waals surface area contributed by atoms with Crippen LogP contribution >= 0.6 is 0 Å². The first-order valence-electron chi connectivity index (χ1n) is 6.90. The third-order valence-corrected chi connectivity index (χ3v) is 3.18. The van der Waals surface area contributed by atoms with Gasteiger partial charge < -0.3 is 15.5 Å². The monoisotopic (exact) mass is 249 g/mol. The Hall–Kier alpha value is -1.36. The number of hydrogen-bond donors (Lipinski definition) is 2. The molecule has 5 heteroatoms. The van der Waals surface area contributed by atoms with E-state index in [9.17, 15) is 0 Å². The quantitative estimate of drug-likeness (QED) is 0.805. The van der Waals surface area contributed by atoms with Crippen LogP contribution in [0.25, 0.3) is 0 Å². The van der Waals surface area contributed by atoms with Gasteiger partial charge in [-0.05, 0) is 32.9 Å². The van der Waals surface area contributed by atoms with Crippen LogP contribution in [0.15, 0.2) is 12.4 Å². The normalized spacial score (nSPS) is 16.5. The minimum atomic E-state index is 0.834. The predicted octanol–water partition coefficient (Wildman–Crippen LogP) is 1.81. The lowest BCUT2D eigenvalue weighted by Gasteiger charge is -2.26. The van der Waals surface area contributed by atoms with E-state index in [2.05, 4.69) is 32.4 Å². The van der Waals surface area contributed by atoms with E-state index in [4.69, 9.17) is 0 Å². The molecule has 2 N–H and O–H groups in total. The molecule has 1 aliphatic heterocycles. The van der Waals surface area contributed by atoms with Gasteiger partial charge in [0.1, 0.15) is 11.6 Å². The SMILES string of the molecule is CCNc1cncc(NCCN2CCCCC2)n1. The number of likely N-dealkylation sites (tertiary alicyclic amines) is 1. The molecule has 0 bridgehead atoms. The smallest absolute Gasteiger partial charge is 0.147 e. The first-order chi connectivity index (χ1) is 8.88. The molecule has 0 radical (unpaired) electrons. The maximum Gasteiger partial charge on any atom is 0.147 e. The van der Waals surface area contributed by atoms with Crippen molar-refractivity contribution in [3.8, 4) is 0 Å². The second kappa shape index (κ2) is 7.16. The molecule has 0 saturated carbocycles. The standard InChI is InChI=1S/C13H23N5/c1-2-15-12-10-14-11-13(17-12)16-6-9-18-7-4-3-5-8-18/h10-11H,2-9H2,1H3,(H2,15,16,17). The minimum absolute atomic E-state index is 0.834. The van der Waals surface area contributed by atoms with Gasteiger partial charge in [0.2, 0.25) is 0 Å². The molecule has 1 aromatic heterocycles. The third-order valence-electron chi connectivity index (χ3n) is 3.18. The maximum absolute atomic E-state index is 4.44. The fraction of sp³-hybridized carbons (Fsp3) is 0.692. The maximum atomic E-state index is 4.44. The second-order valence-electron chi connectivity index (χ2n) is 4.65. The highest BCUT2D eigenvalue weighted by atomic mass is 15.2. The van der Waals surface area contributed by atoms with Crippen LogP contribution in [-0.2, 0) is 0 Å². The molecule has 0 atom stereocenters. The van der Waals surface area contributed by atoms with E-state index < -0.39 is 0 Å². The highest BCUT2D eigenvalue weighted by Crippen LogP contribution is 2.09. The lowest BCUT2D eigenvalue weighted by molar-refractivity contribution is 0.237. The van der Waals surface area contributed by atoms with Crippen LogP contribution < -0.4 is 10.6 Å². The molecule has 0 spiro atoms. The zero-order valence-electron chi connectivity index (χ0n) is 11.2. The van der Waals surface area contributed by atoms with Gasteiger partial charge in [0.15, 0.2) is 0 Å². The van der Waals surface area contributed by atoms with Crippen molar-refractivity contribution in [2.24, 2.45) is 0 Å². The van der Waals surface area contributed by atoms with E-state index in [1.807, 2.05) is 0 Å². The Morgan fingerprint density at radius 1 is 1.11 bits per heavy atom. The van der Waals surface area contributed by atoms with Crippen molar-refractivity contribution in [1.29, 1.82) is 0 Å². The first kappa shape index (κ1) is 13.1. The van der Waals surface area contributed by atoms with Crippen molar-refractivity contribution in [1.82, 2.24) is 14.9 Å². The van der Waals surface area contributed by atoms with Crippen LogP contribution in [0.2, 0.25) is 0 Å². The molecule has 0 aliphatic carbocycles. The summed E-state index contributed by atoms with van der Waals surface area (Å²) in [6.07, 6.45) is 7.60. The Morgan fingerprint density at radius 3 is 2.56 bits per heavy atom. The molecule has 1 saturated heterocycles. The number of piperidine rings is 1. The Labute approximate surface area is 109 Å². The van der Waals surface area contributed by atoms with Crippen molar-refractivity contribution >= 4 is 11.6 Å². The Kier molecular flexibility index (Phi) is 5.20. The van der Waals surface area contributed by atoms with Gasteiger partial charge in [-0.1, -0.05) is 6.42 Å². The summed E-state index contributed by atoms with van der Waals surface area (Å²) in [5.41, 5.74) is 0. The van der Waals surface area contributed by atoms with Crippen LogP contribution in [0.1, 0.15) is 26.2 Å². The van der Waals surface area contributed by atoms with E-state index in [1.165, 1.54) is 32.4 Å². The van der Waals surface area contributed by atoms with Gasteiger partial charge >= 0.3 is 0 Å². The molecule has 1 fully saturated rings. The number of rotatable bonds is 6. The summed E-state index contributed by atoms with van der Waals surface area (Å²) in [7, 11) is 0. The zero-order chi connectivity index (χ0) is 12.6. The molecule has 0 amide bonds. The van der Waals surface area contributed by atoms with Gasteiger partial charge in [0.05, 0.1) is 12.4 Å². The number of nitrogens with one attached hydrogen (secondary N) is 2. The van der Waals surface area contributed by atoms with Crippen molar-refractivity contribution < 1.29 is 0 Å². The average molecular weight is 249 g/mol. The number of nitrogens with zero attached hydrogens (tertiary/aromatic N) is 3. The second-order valence-corrected chi connectivity index (χ2v) is 4.65. The van der Waals surface area contributed by atoms with E-state index in [1.54, 1.807) is 12.4 Å². The van der Waals surface area contributed by atoms with Crippen LogP contribution in [0.4, 0.5) is 11.6 Å². The van der Waals surface area contributed by atoms with Crippen LogP contribution in [0, 0.1) is 0 Å². The molecule has 1 aliphatic rings. The van der Waals surface area contributed by atoms with Gasteiger partial charge in [0, 0.05) is 19.6 Å². The lowest BCUT2D eigenvalue weighted by atomic mass is 10.1. The van der Waals surface area contributed by atoms with Gasteiger partial charge in [-0.3, -0.25) is 4.98 Å². The molecule has 0 unspecified atom stereocenters. The Balaban J connectivity index is 1.73. The Morgan fingerprint density at radius 2 is 1.83 bits per heavy atom. The summed E-state index contributed by atoms with van der Waals surface area (Å²) in [5.74, 6) is 1.69. The van der Waals surface area contributed by atoms with Crippen molar-refractivity contribution in [3.63, 3.8) is 0 Å². The van der Waals surface area contributed by atoms with E-state index in [0.29, 0.717) is 0 Å². The number of anilines is 2. The highest BCUT2D eigenvalue weighted by molar-refractivity contribution is 5.41. The summed E-state index contributed by atoms with van der Waals surface area (Å²) in [4.78, 5) is 11.1. The molecule has 1 aromatic rings. The lowest BCUT2D eigenvalue weighted by Crippen LogP contribution is -2.33. The Bertz CT molecular complexity index is 349. The van der Waals surface area contributed by atoms with E-state index >= 15 is 0 Å². The largest absolute Gasteiger partial charge is 0.369 e. The van der Waals surface area contributed by atoms with Gasteiger partial charge in [-0.25, -0.2) is 4.98 Å². The molecule has 100 valence electrons. The summed E-state index contributed by atoms with van der Waals surface area (Å²) in [6, 6.07) is 0. The first-order valence-corrected chi connectivity index (χ1v) is 6.90. The fourth-order valence-electron chi connectivity index (χ4n) is 2.24. The zero-order valence-corrected chi connectivity index (χ0v) is 11.2. The summed E-state index contributed by atoms with van der Waals surface area (Å²) < 4.78 is 0. The van der Waals surface area contributed by atoms with Crippen molar-refractivity contribution in [3.05, 3.63) is 12.4 Å². The summed E-state index contributed by atoms with van der Waals surface area (Å²) in [6.45, 7) is 7.43. The van der Waals surface area contributed by atoms with Crippen molar-refractivity contribution in [2.45, 2.75) is 26.2 Å². The molecule has 0 aromatic carbocycles. The molecule has 2 heterocycles. The van der Waals surface area contributed by atoms with E-state index in [0.717, 1.165) is 31.3 Å².